The Morgan fingerprint density at radius 1 is 1.03 bits per heavy atom. The maximum absolute atomic E-state index is 13.0. The van der Waals surface area contributed by atoms with Crippen molar-refractivity contribution < 1.29 is 23.4 Å². The first-order chi connectivity index (χ1) is 17.4. The number of nitrogens with one attached hydrogen (secondary N) is 1. The number of methoxy groups -OCH3 is 1. The number of rotatable bonds is 7. The minimum absolute atomic E-state index is 0.102. The minimum atomic E-state index is -3.38. The second-order valence-electron chi connectivity index (χ2n) is 8.61. The summed E-state index contributed by atoms with van der Waals surface area (Å²) in [5.41, 5.74) is 2.30. The van der Waals surface area contributed by atoms with Crippen molar-refractivity contribution in [2.45, 2.75) is 17.9 Å². The van der Waals surface area contributed by atoms with E-state index in [0.717, 1.165) is 10.9 Å². The second-order valence-corrected chi connectivity index (χ2v) is 10.4. The number of para-hydroxylation sites is 3. The number of aryl methyl sites for hydroxylation is 1. The molecule has 0 saturated carbocycles. The molecular weight excluding hydrogens is 478 g/mol. The third kappa shape index (κ3) is 4.68. The van der Waals surface area contributed by atoms with E-state index >= 15 is 0 Å². The van der Waals surface area contributed by atoms with Gasteiger partial charge in [-0.15, -0.1) is 0 Å². The average Bonchev–Trinajstić information content (AvgIpc) is 2.86. The van der Waals surface area contributed by atoms with E-state index in [2.05, 4.69) is 9.71 Å². The highest BCUT2D eigenvalue weighted by Gasteiger charge is 2.33. The van der Waals surface area contributed by atoms with E-state index in [1.54, 1.807) is 54.6 Å². The molecule has 1 amide bonds. The van der Waals surface area contributed by atoms with Gasteiger partial charge in [0, 0.05) is 17.1 Å². The van der Waals surface area contributed by atoms with Gasteiger partial charge in [0.05, 0.1) is 31.4 Å². The molecule has 1 aliphatic rings. The molecule has 5 rings (SSSR count). The molecule has 1 aromatic heterocycles. The van der Waals surface area contributed by atoms with E-state index in [0.29, 0.717) is 46.3 Å². The molecular formula is C27H27N3O5S. The van der Waals surface area contributed by atoms with Gasteiger partial charge < -0.3 is 14.4 Å². The topological polar surface area (TPSA) is 104 Å². The molecule has 186 valence electrons. The van der Waals surface area contributed by atoms with Crippen molar-refractivity contribution in [3.8, 4) is 11.5 Å². The SMILES string of the molecule is COc1ccccc1OC1CN(C(=O)c2ccc(NS(O)(O)c3cccc4cccnc34)c(C)c2)C1. The van der Waals surface area contributed by atoms with Gasteiger partial charge in [0.25, 0.3) is 5.91 Å². The Morgan fingerprint density at radius 2 is 1.78 bits per heavy atom. The number of hydrogen-bond donors (Lipinski definition) is 3. The zero-order valence-electron chi connectivity index (χ0n) is 19.9. The number of hydrogen-bond acceptors (Lipinski definition) is 7. The van der Waals surface area contributed by atoms with Gasteiger partial charge in [-0.25, -0.2) is 0 Å². The van der Waals surface area contributed by atoms with Crippen LogP contribution in [0, 0.1) is 6.92 Å². The zero-order valence-corrected chi connectivity index (χ0v) is 20.7. The molecule has 3 N–H and O–H groups in total. The lowest BCUT2D eigenvalue weighted by Crippen LogP contribution is -2.56. The monoisotopic (exact) mass is 505 g/mol. The average molecular weight is 506 g/mol. The first-order valence-electron chi connectivity index (χ1n) is 11.4. The number of amides is 1. The van der Waals surface area contributed by atoms with Crippen LogP contribution in [0.1, 0.15) is 15.9 Å². The molecule has 4 aromatic rings. The van der Waals surface area contributed by atoms with E-state index < -0.39 is 10.8 Å². The third-order valence-corrected chi connectivity index (χ3v) is 7.57. The maximum Gasteiger partial charge on any atom is 0.254 e. The molecule has 1 fully saturated rings. The van der Waals surface area contributed by atoms with Gasteiger partial charge in [-0.05, 0) is 55.0 Å². The zero-order chi connectivity index (χ0) is 25.3. The lowest BCUT2D eigenvalue weighted by Gasteiger charge is -2.39. The van der Waals surface area contributed by atoms with E-state index in [-0.39, 0.29) is 12.0 Å². The minimum Gasteiger partial charge on any atom is -0.493 e. The molecule has 1 saturated heterocycles. The molecule has 2 heterocycles. The van der Waals surface area contributed by atoms with Crippen LogP contribution in [0.3, 0.4) is 0 Å². The number of carbonyl (C=O) groups is 1. The summed E-state index contributed by atoms with van der Waals surface area (Å²) in [6, 6.07) is 21.5. The van der Waals surface area contributed by atoms with Crippen LogP contribution in [0.2, 0.25) is 0 Å². The van der Waals surface area contributed by atoms with Crippen LogP contribution in [-0.2, 0) is 0 Å². The number of carbonyl (C=O) groups excluding carboxylic acids is 1. The molecule has 3 aromatic carbocycles. The molecule has 0 aliphatic carbocycles. The van der Waals surface area contributed by atoms with E-state index in [1.165, 1.54) is 0 Å². The van der Waals surface area contributed by atoms with Crippen LogP contribution in [-0.4, -0.2) is 51.2 Å². The first kappa shape index (κ1) is 23.9. The van der Waals surface area contributed by atoms with Crippen LogP contribution in [0.4, 0.5) is 5.69 Å². The smallest absolute Gasteiger partial charge is 0.254 e. The molecule has 36 heavy (non-hydrogen) atoms. The third-order valence-electron chi connectivity index (χ3n) is 6.13. The molecule has 0 radical (unpaired) electrons. The lowest BCUT2D eigenvalue weighted by molar-refractivity contribution is 0.0169. The van der Waals surface area contributed by atoms with Crippen LogP contribution in [0.15, 0.2) is 83.9 Å². The van der Waals surface area contributed by atoms with Crippen molar-refractivity contribution in [2.24, 2.45) is 0 Å². The summed E-state index contributed by atoms with van der Waals surface area (Å²) in [4.78, 5) is 19.3. The molecule has 0 atom stereocenters. The van der Waals surface area contributed by atoms with Crippen molar-refractivity contribution in [2.75, 3.05) is 24.9 Å². The summed E-state index contributed by atoms with van der Waals surface area (Å²) in [7, 11) is -1.79. The normalized spacial score (nSPS) is 14.3. The van der Waals surface area contributed by atoms with Crippen molar-refractivity contribution in [1.82, 2.24) is 9.88 Å². The second kappa shape index (κ2) is 9.69. The predicted molar refractivity (Wildman–Crippen MR) is 141 cm³/mol. The highest BCUT2D eigenvalue weighted by molar-refractivity contribution is 8.25. The lowest BCUT2D eigenvalue weighted by atomic mass is 10.1. The van der Waals surface area contributed by atoms with Crippen LogP contribution in [0.5, 0.6) is 11.5 Å². The number of anilines is 1. The van der Waals surface area contributed by atoms with Gasteiger partial charge in [0.15, 0.2) is 11.5 Å². The standard InChI is InChI=1S/C27H27N3O5S/c1-18-15-20(27(31)30-16-21(17-30)35-24-10-4-3-9-23(24)34-2)12-13-22(18)29-36(32,33)25-11-5-7-19-8-6-14-28-26(19)25/h3-15,21,29,32-33H,16-17H2,1-2H3. The van der Waals surface area contributed by atoms with Gasteiger partial charge in [-0.3, -0.25) is 23.6 Å². The summed E-state index contributed by atoms with van der Waals surface area (Å²) < 4.78 is 36.1. The molecule has 8 nitrogen and oxygen atoms in total. The van der Waals surface area contributed by atoms with Gasteiger partial charge in [-0.1, -0.05) is 41.1 Å². The fourth-order valence-electron chi connectivity index (χ4n) is 4.18. The number of nitrogens with zero attached hydrogens (tertiary/aromatic N) is 2. The Hall–Kier alpha value is -3.79. The summed E-state index contributed by atoms with van der Waals surface area (Å²) in [5, 5.41) is 0.817. The largest absolute Gasteiger partial charge is 0.493 e. The molecule has 1 aliphatic heterocycles. The first-order valence-corrected chi connectivity index (χ1v) is 13.0. The van der Waals surface area contributed by atoms with Crippen molar-refractivity contribution in [1.29, 1.82) is 0 Å². The Bertz CT molecular complexity index is 1420. The Balaban J connectivity index is 1.26. The van der Waals surface area contributed by atoms with Crippen molar-refractivity contribution in [3.05, 3.63) is 90.1 Å². The number of ether oxygens (including phenoxy) is 2. The van der Waals surface area contributed by atoms with Crippen LogP contribution < -0.4 is 14.2 Å². The highest BCUT2D eigenvalue weighted by Crippen LogP contribution is 2.50. The van der Waals surface area contributed by atoms with Gasteiger partial charge in [0.2, 0.25) is 0 Å². The fourth-order valence-corrected chi connectivity index (χ4v) is 5.54. The number of aromatic nitrogens is 1. The summed E-state index contributed by atoms with van der Waals surface area (Å²) >= 11 is 0. The van der Waals surface area contributed by atoms with Crippen LogP contribution >= 0.6 is 10.8 Å². The number of fused-ring (bicyclic) bond motifs is 1. The fraction of sp³-hybridized carbons (Fsp3) is 0.185. The van der Waals surface area contributed by atoms with Crippen molar-refractivity contribution in [3.63, 3.8) is 0 Å². The molecule has 0 spiro atoms. The summed E-state index contributed by atoms with van der Waals surface area (Å²) in [5.74, 6) is 1.21. The summed E-state index contributed by atoms with van der Waals surface area (Å²) in [6.07, 6.45) is 1.52. The predicted octanol–water partition coefficient (Wildman–Crippen LogP) is 5.59. The highest BCUT2D eigenvalue weighted by atomic mass is 32.3. The molecule has 9 heteroatoms. The maximum atomic E-state index is 13.0. The van der Waals surface area contributed by atoms with Gasteiger partial charge in [0.1, 0.15) is 11.0 Å². The van der Waals surface area contributed by atoms with Crippen molar-refractivity contribution >= 4 is 33.3 Å². The van der Waals surface area contributed by atoms with E-state index in [4.69, 9.17) is 9.47 Å². The van der Waals surface area contributed by atoms with Gasteiger partial charge in [-0.2, -0.15) is 0 Å². The number of likely N-dealkylation sites (tertiary alicyclic amines) is 1. The molecule has 0 bridgehead atoms. The van der Waals surface area contributed by atoms with Gasteiger partial charge >= 0.3 is 0 Å². The van der Waals surface area contributed by atoms with Crippen LogP contribution in [0.25, 0.3) is 10.9 Å². The quantitative estimate of drug-likeness (QED) is 0.301. The Morgan fingerprint density at radius 3 is 2.53 bits per heavy atom. The number of pyridine rings is 1. The number of benzene rings is 3. The Kier molecular flexibility index (Phi) is 6.44. The Labute approximate surface area is 211 Å². The van der Waals surface area contributed by atoms with E-state index in [9.17, 15) is 13.9 Å². The van der Waals surface area contributed by atoms with E-state index in [1.807, 2.05) is 43.3 Å². The molecule has 0 unspecified atom stereocenters. The summed E-state index contributed by atoms with van der Waals surface area (Å²) in [6.45, 7) is 2.77.